The van der Waals surface area contributed by atoms with E-state index in [9.17, 15) is 14.0 Å². The number of halogens is 1. The number of amides is 2. The number of carbonyl (C=O) groups excluding carboxylic acids is 2. The Morgan fingerprint density at radius 3 is 2.76 bits per heavy atom. The Balaban J connectivity index is 1.86. The van der Waals surface area contributed by atoms with Crippen molar-refractivity contribution in [2.24, 2.45) is 5.10 Å². The molecule has 0 bridgehead atoms. The van der Waals surface area contributed by atoms with Crippen LogP contribution in [0.4, 0.5) is 4.39 Å². The van der Waals surface area contributed by atoms with E-state index in [1.54, 1.807) is 32.2 Å². The topological polar surface area (TPSA) is 62.2 Å². The van der Waals surface area contributed by atoms with Crippen LogP contribution in [0.2, 0.25) is 0 Å². The van der Waals surface area contributed by atoms with Crippen molar-refractivity contribution in [3.63, 3.8) is 0 Å². The molecule has 2 heterocycles. The lowest BCUT2D eigenvalue weighted by atomic mass is 10.0. The fraction of sp³-hybridized carbons (Fsp3) is 0.381. The van der Waals surface area contributed by atoms with Crippen LogP contribution in [0, 0.1) is 5.82 Å². The maximum Gasteiger partial charge on any atom is 0.262 e. The van der Waals surface area contributed by atoms with Crippen molar-refractivity contribution < 1.29 is 18.7 Å². The molecule has 6 nitrogen and oxygen atoms in total. The molecule has 1 aliphatic rings. The van der Waals surface area contributed by atoms with E-state index in [-0.39, 0.29) is 30.2 Å². The fourth-order valence-electron chi connectivity index (χ4n) is 3.25. The van der Waals surface area contributed by atoms with Crippen LogP contribution in [0.25, 0.3) is 0 Å². The molecular formula is C21H24FN3O3S. The second-order valence-corrected chi connectivity index (χ2v) is 7.64. The van der Waals surface area contributed by atoms with E-state index in [0.29, 0.717) is 37.3 Å². The number of rotatable bonds is 8. The summed E-state index contributed by atoms with van der Waals surface area (Å²) < 4.78 is 19.3. The number of hydrogen-bond acceptors (Lipinski definition) is 5. The lowest BCUT2D eigenvalue weighted by molar-refractivity contribution is -0.141. The molecule has 1 atom stereocenters. The fourth-order valence-corrected chi connectivity index (χ4v) is 4.07. The molecule has 2 amide bonds. The number of nitrogens with zero attached hydrogens (tertiary/aromatic N) is 3. The van der Waals surface area contributed by atoms with Crippen LogP contribution in [0.3, 0.4) is 0 Å². The van der Waals surface area contributed by atoms with Crippen molar-refractivity contribution in [3.05, 3.63) is 58.0 Å². The number of benzene rings is 1. The van der Waals surface area contributed by atoms with E-state index in [2.05, 4.69) is 5.10 Å². The molecule has 154 valence electrons. The summed E-state index contributed by atoms with van der Waals surface area (Å²) in [7, 11) is 1.55. The molecule has 0 N–H and O–H groups in total. The van der Waals surface area contributed by atoms with E-state index in [1.807, 2.05) is 17.5 Å². The first-order chi connectivity index (χ1) is 14.0. The summed E-state index contributed by atoms with van der Waals surface area (Å²) >= 11 is 1.52. The number of hydrazone groups is 1. The SMILES string of the molecule is CCC(=O)N(CCOC)CC(=O)N1N=C(c2ccccc2F)CC1c1cccs1. The van der Waals surface area contributed by atoms with Gasteiger partial charge in [0.2, 0.25) is 5.91 Å². The molecule has 3 rings (SSSR count). The van der Waals surface area contributed by atoms with Crippen molar-refractivity contribution >= 4 is 28.9 Å². The Morgan fingerprint density at radius 1 is 1.31 bits per heavy atom. The predicted molar refractivity (Wildman–Crippen MR) is 110 cm³/mol. The van der Waals surface area contributed by atoms with E-state index in [0.717, 1.165) is 4.88 Å². The highest BCUT2D eigenvalue weighted by molar-refractivity contribution is 7.10. The molecule has 29 heavy (non-hydrogen) atoms. The van der Waals surface area contributed by atoms with Crippen molar-refractivity contribution in [3.8, 4) is 0 Å². The number of carbonyl (C=O) groups is 2. The van der Waals surface area contributed by atoms with E-state index in [1.165, 1.54) is 27.3 Å². The lowest BCUT2D eigenvalue weighted by Crippen LogP contribution is -2.42. The standard InChI is InChI=1S/C21H24FN3O3S/c1-3-20(26)24(10-11-28-2)14-21(27)25-18(19-9-6-12-29-19)13-17(23-25)15-7-4-5-8-16(15)22/h4-9,12,18H,3,10-11,13-14H2,1-2H3. The highest BCUT2D eigenvalue weighted by atomic mass is 32.1. The molecule has 1 aromatic heterocycles. The zero-order valence-corrected chi connectivity index (χ0v) is 17.3. The molecule has 8 heteroatoms. The summed E-state index contributed by atoms with van der Waals surface area (Å²) in [6.07, 6.45) is 0.724. The number of ether oxygens (including phenoxy) is 1. The van der Waals surface area contributed by atoms with Gasteiger partial charge in [-0.25, -0.2) is 9.40 Å². The highest BCUT2D eigenvalue weighted by Gasteiger charge is 2.35. The molecule has 0 radical (unpaired) electrons. The van der Waals surface area contributed by atoms with Gasteiger partial charge < -0.3 is 9.64 Å². The van der Waals surface area contributed by atoms with Crippen LogP contribution in [0.15, 0.2) is 46.9 Å². The van der Waals surface area contributed by atoms with Crippen LogP contribution in [-0.2, 0) is 14.3 Å². The van der Waals surface area contributed by atoms with Crippen LogP contribution < -0.4 is 0 Å². The van der Waals surface area contributed by atoms with E-state index < -0.39 is 0 Å². The van der Waals surface area contributed by atoms with E-state index in [4.69, 9.17) is 4.74 Å². The third kappa shape index (κ3) is 4.89. The third-order valence-electron chi connectivity index (χ3n) is 4.77. The van der Waals surface area contributed by atoms with Gasteiger partial charge in [0, 0.05) is 36.9 Å². The lowest BCUT2D eigenvalue weighted by Gasteiger charge is -2.26. The summed E-state index contributed by atoms with van der Waals surface area (Å²) in [5.41, 5.74) is 0.922. The molecule has 0 saturated heterocycles. The Bertz CT molecular complexity index is 885. The summed E-state index contributed by atoms with van der Waals surface area (Å²) in [6, 6.07) is 9.97. The Kier molecular flexibility index (Phi) is 7.11. The van der Waals surface area contributed by atoms with Gasteiger partial charge in [0.05, 0.1) is 18.4 Å². The van der Waals surface area contributed by atoms with Crippen molar-refractivity contribution in [1.29, 1.82) is 0 Å². The van der Waals surface area contributed by atoms with Gasteiger partial charge in [0.1, 0.15) is 12.4 Å². The Morgan fingerprint density at radius 2 is 2.10 bits per heavy atom. The van der Waals surface area contributed by atoms with Gasteiger partial charge in [-0.15, -0.1) is 11.3 Å². The van der Waals surface area contributed by atoms with Crippen LogP contribution >= 0.6 is 11.3 Å². The number of hydrogen-bond donors (Lipinski definition) is 0. The molecule has 1 aromatic carbocycles. The zero-order valence-electron chi connectivity index (χ0n) is 16.5. The predicted octanol–water partition coefficient (Wildman–Crippen LogP) is 3.45. The second kappa shape index (κ2) is 9.76. The molecule has 1 unspecified atom stereocenters. The number of thiophene rings is 1. The average Bonchev–Trinajstić information content (AvgIpc) is 3.40. The van der Waals surface area contributed by atoms with Crippen molar-refractivity contribution in [1.82, 2.24) is 9.91 Å². The minimum atomic E-state index is -0.367. The Hall–Kier alpha value is -2.58. The highest BCUT2D eigenvalue weighted by Crippen LogP contribution is 2.35. The van der Waals surface area contributed by atoms with Crippen molar-refractivity contribution in [2.75, 3.05) is 26.8 Å². The first-order valence-electron chi connectivity index (χ1n) is 9.49. The first kappa shape index (κ1) is 21.1. The van der Waals surface area contributed by atoms with Gasteiger partial charge in [-0.2, -0.15) is 5.10 Å². The minimum absolute atomic E-state index is 0.0913. The molecule has 0 spiro atoms. The smallest absolute Gasteiger partial charge is 0.262 e. The van der Waals surface area contributed by atoms with Gasteiger partial charge >= 0.3 is 0 Å². The Labute approximate surface area is 173 Å². The normalized spacial score (nSPS) is 16.0. The van der Waals surface area contributed by atoms with Crippen LogP contribution in [0.1, 0.15) is 36.2 Å². The van der Waals surface area contributed by atoms with Gasteiger partial charge in [0.15, 0.2) is 0 Å². The summed E-state index contributed by atoms with van der Waals surface area (Å²) in [5, 5.41) is 7.81. The average molecular weight is 418 g/mol. The van der Waals surface area contributed by atoms with Crippen LogP contribution in [0.5, 0.6) is 0 Å². The summed E-state index contributed by atoms with van der Waals surface area (Å²) in [5.74, 6) is -0.790. The number of methoxy groups -OCH3 is 1. The van der Waals surface area contributed by atoms with Gasteiger partial charge in [-0.05, 0) is 17.5 Å². The summed E-state index contributed by atoms with van der Waals surface area (Å²) in [6.45, 7) is 2.34. The minimum Gasteiger partial charge on any atom is -0.383 e. The molecular weight excluding hydrogens is 393 g/mol. The van der Waals surface area contributed by atoms with Gasteiger partial charge in [-0.3, -0.25) is 9.59 Å². The molecule has 0 aliphatic carbocycles. The van der Waals surface area contributed by atoms with Gasteiger partial charge in [-0.1, -0.05) is 31.2 Å². The largest absolute Gasteiger partial charge is 0.383 e. The maximum atomic E-state index is 14.3. The zero-order chi connectivity index (χ0) is 20.8. The van der Waals surface area contributed by atoms with Crippen molar-refractivity contribution in [2.45, 2.75) is 25.8 Å². The molecule has 0 fully saturated rings. The summed E-state index contributed by atoms with van der Waals surface area (Å²) in [4.78, 5) is 27.8. The van der Waals surface area contributed by atoms with Crippen LogP contribution in [-0.4, -0.2) is 54.2 Å². The molecule has 0 saturated carbocycles. The maximum absolute atomic E-state index is 14.3. The second-order valence-electron chi connectivity index (χ2n) is 6.66. The monoisotopic (exact) mass is 417 g/mol. The molecule has 2 aromatic rings. The quantitative estimate of drug-likeness (QED) is 0.661. The van der Waals surface area contributed by atoms with E-state index >= 15 is 0 Å². The first-order valence-corrected chi connectivity index (χ1v) is 10.4. The van der Waals surface area contributed by atoms with Gasteiger partial charge in [0.25, 0.3) is 5.91 Å². The molecule has 1 aliphatic heterocycles. The third-order valence-corrected chi connectivity index (χ3v) is 5.74.